The van der Waals surface area contributed by atoms with Crippen LogP contribution in [0.25, 0.3) is 0 Å². The number of nitrogens with zero attached hydrogens (tertiary/aromatic N) is 4. The Bertz CT molecular complexity index is 976. The van der Waals surface area contributed by atoms with E-state index in [0.29, 0.717) is 38.2 Å². The molecule has 2 amide bonds. The van der Waals surface area contributed by atoms with Crippen molar-refractivity contribution in [1.29, 1.82) is 0 Å². The molecule has 0 aliphatic carbocycles. The van der Waals surface area contributed by atoms with Gasteiger partial charge in [-0.15, -0.1) is 0 Å². The van der Waals surface area contributed by atoms with Gasteiger partial charge in [0.2, 0.25) is 5.91 Å². The maximum Gasteiger partial charge on any atom is 0.274 e. The van der Waals surface area contributed by atoms with Crippen LogP contribution in [0.4, 0.5) is 4.39 Å². The molecule has 0 spiro atoms. The normalized spacial score (nSPS) is 22.0. The van der Waals surface area contributed by atoms with E-state index in [9.17, 15) is 14.0 Å². The van der Waals surface area contributed by atoms with Gasteiger partial charge in [-0.1, -0.05) is 12.1 Å². The van der Waals surface area contributed by atoms with Gasteiger partial charge in [-0.3, -0.25) is 9.59 Å². The largest absolute Gasteiger partial charge is 0.365 e. The number of benzene rings is 1. The lowest BCUT2D eigenvalue weighted by Gasteiger charge is -2.35. The van der Waals surface area contributed by atoms with Crippen molar-refractivity contribution in [2.75, 3.05) is 26.2 Å². The SMILES string of the molecule is O=C(c1ncn2c1CO[C@H](c1ccc(F)cc1)C2)N1CCC(C(=O)N2CCCCC2)CC1. The molecule has 170 valence electrons. The van der Waals surface area contributed by atoms with Crippen molar-refractivity contribution in [2.45, 2.75) is 51.4 Å². The van der Waals surface area contributed by atoms with E-state index in [1.54, 1.807) is 18.5 Å². The second-order valence-electron chi connectivity index (χ2n) is 9.00. The summed E-state index contributed by atoms with van der Waals surface area (Å²) in [6.45, 7) is 3.72. The molecule has 1 aromatic heterocycles. The molecule has 1 atom stereocenters. The summed E-state index contributed by atoms with van der Waals surface area (Å²) in [5.74, 6) is -0.0853. The average molecular weight is 441 g/mol. The molecule has 0 bridgehead atoms. The number of carbonyl (C=O) groups is 2. The zero-order chi connectivity index (χ0) is 22.1. The second-order valence-corrected chi connectivity index (χ2v) is 9.00. The number of carbonyl (C=O) groups excluding carboxylic acids is 2. The first-order valence-corrected chi connectivity index (χ1v) is 11.6. The van der Waals surface area contributed by atoms with Crippen LogP contribution in [0.1, 0.15) is 60.0 Å². The number of piperidine rings is 2. The van der Waals surface area contributed by atoms with E-state index in [-0.39, 0.29) is 36.3 Å². The molecule has 0 saturated carbocycles. The highest BCUT2D eigenvalue weighted by molar-refractivity contribution is 5.93. The van der Waals surface area contributed by atoms with Gasteiger partial charge in [-0.05, 0) is 49.8 Å². The third-order valence-corrected chi connectivity index (χ3v) is 6.97. The summed E-state index contributed by atoms with van der Waals surface area (Å²) in [4.78, 5) is 34.2. The van der Waals surface area contributed by atoms with Gasteiger partial charge in [-0.25, -0.2) is 9.37 Å². The number of likely N-dealkylation sites (tertiary alicyclic amines) is 2. The van der Waals surface area contributed by atoms with E-state index >= 15 is 0 Å². The molecule has 8 heteroatoms. The van der Waals surface area contributed by atoms with Crippen LogP contribution in [0.2, 0.25) is 0 Å². The van der Waals surface area contributed by atoms with Crippen LogP contribution >= 0.6 is 0 Å². The summed E-state index contributed by atoms with van der Waals surface area (Å²) in [6, 6.07) is 6.31. The number of fused-ring (bicyclic) bond motifs is 1. The Hall–Kier alpha value is -2.74. The number of hydrogen-bond donors (Lipinski definition) is 0. The van der Waals surface area contributed by atoms with Crippen molar-refractivity contribution in [3.63, 3.8) is 0 Å². The Morgan fingerprint density at radius 1 is 0.969 bits per heavy atom. The summed E-state index contributed by atoms with van der Waals surface area (Å²) in [5.41, 5.74) is 2.11. The Morgan fingerprint density at radius 2 is 1.69 bits per heavy atom. The summed E-state index contributed by atoms with van der Waals surface area (Å²) in [7, 11) is 0. The Morgan fingerprint density at radius 3 is 2.41 bits per heavy atom. The maximum absolute atomic E-state index is 13.2. The maximum atomic E-state index is 13.2. The van der Waals surface area contributed by atoms with Gasteiger partial charge in [0.15, 0.2) is 5.69 Å². The molecule has 2 fully saturated rings. The lowest BCUT2D eigenvalue weighted by molar-refractivity contribution is -0.137. The van der Waals surface area contributed by atoms with E-state index in [1.807, 2.05) is 14.4 Å². The van der Waals surface area contributed by atoms with Gasteiger partial charge in [-0.2, -0.15) is 0 Å². The van der Waals surface area contributed by atoms with E-state index < -0.39 is 0 Å². The van der Waals surface area contributed by atoms with Crippen LogP contribution in [0.5, 0.6) is 0 Å². The topological polar surface area (TPSA) is 67.7 Å². The molecule has 0 N–H and O–H groups in total. The van der Waals surface area contributed by atoms with Gasteiger partial charge in [0, 0.05) is 32.1 Å². The van der Waals surface area contributed by atoms with Gasteiger partial charge >= 0.3 is 0 Å². The highest BCUT2D eigenvalue weighted by Crippen LogP contribution is 2.29. The number of rotatable bonds is 3. The Labute approximate surface area is 187 Å². The van der Waals surface area contributed by atoms with Gasteiger partial charge < -0.3 is 19.1 Å². The number of ether oxygens (including phenoxy) is 1. The Balaban J connectivity index is 1.20. The first-order valence-electron chi connectivity index (χ1n) is 11.6. The highest BCUT2D eigenvalue weighted by atomic mass is 19.1. The lowest BCUT2D eigenvalue weighted by Crippen LogP contribution is -2.46. The molecule has 32 heavy (non-hydrogen) atoms. The van der Waals surface area contributed by atoms with Gasteiger partial charge in [0.25, 0.3) is 5.91 Å². The predicted octanol–water partition coefficient (Wildman–Crippen LogP) is 3.16. The van der Waals surface area contributed by atoms with Crippen LogP contribution in [-0.4, -0.2) is 57.3 Å². The fourth-order valence-corrected chi connectivity index (χ4v) is 5.04. The Kier molecular flexibility index (Phi) is 5.95. The minimum atomic E-state index is -0.276. The molecule has 5 rings (SSSR count). The van der Waals surface area contributed by atoms with Crippen molar-refractivity contribution >= 4 is 11.8 Å². The summed E-state index contributed by atoms with van der Waals surface area (Å²) >= 11 is 0. The second kappa shape index (κ2) is 9.02. The van der Waals surface area contributed by atoms with Crippen LogP contribution in [0.3, 0.4) is 0 Å². The van der Waals surface area contributed by atoms with Gasteiger partial charge in [0.05, 0.1) is 25.2 Å². The number of hydrogen-bond acceptors (Lipinski definition) is 4. The van der Waals surface area contributed by atoms with Crippen molar-refractivity contribution in [3.05, 3.63) is 53.4 Å². The monoisotopic (exact) mass is 440 g/mol. The molecule has 1 aromatic carbocycles. The van der Waals surface area contributed by atoms with E-state index in [0.717, 1.165) is 37.2 Å². The van der Waals surface area contributed by atoms with Gasteiger partial charge in [0.1, 0.15) is 11.9 Å². The number of halogens is 1. The minimum absolute atomic E-state index is 0.0212. The molecular weight excluding hydrogens is 411 g/mol. The summed E-state index contributed by atoms with van der Waals surface area (Å²) in [5, 5.41) is 0. The van der Waals surface area contributed by atoms with E-state index in [4.69, 9.17) is 4.74 Å². The number of amides is 2. The molecule has 4 heterocycles. The first-order chi connectivity index (χ1) is 15.6. The van der Waals surface area contributed by atoms with Crippen LogP contribution in [-0.2, 0) is 22.7 Å². The highest BCUT2D eigenvalue weighted by Gasteiger charge is 2.33. The minimum Gasteiger partial charge on any atom is -0.365 e. The quantitative estimate of drug-likeness (QED) is 0.735. The fourth-order valence-electron chi connectivity index (χ4n) is 5.04. The number of aromatic nitrogens is 2. The van der Waals surface area contributed by atoms with Crippen molar-refractivity contribution in [1.82, 2.24) is 19.4 Å². The molecule has 3 aliphatic heterocycles. The number of imidazole rings is 1. The van der Waals surface area contributed by atoms with Crippen LogP contribution < -0.4 is 0 Å². The van der Waals surface area contributed by atoms with Crippen LogP contribution in [0.15, 0.2) is 30.6 Å². The first kappa shape index (κ1) is 21.1. The molecule has 2 aromatic rings. The fraction of sp³-hybridized carbons (Fsp3) is 0.542. The van der Waals surface area contributed by atoms with Crippen LogP contribution in [0, 0.1) is 11.7 Å². The van der Waals surface area contributed by atoms with Crippen molar-refractivity contribution < 1.29 is 18.7 Å². The van der Waals surface area contributed by atoms with Crippen molar-refractivity contribution in [3.8, 4) is 0 Å². The zero-order valence-electron chi connectivity index (χ0n) is 18.2. The third-order valence-electron chi connectivity index (χ3n) is 6.97. The lowest BCUT2D eigenvalue weighted by atomic mass is 9.94. The van der Waals surface area contributed by atoms with Crippen molar-refractivity contribution in [2.24, 2.45) is 5.92 Å². The summed E-state index contributed by atoms with van der Waals surface area (Å²) < 4.78 is 21.1. The summed E-state index contributed by atoms with van der Waals surface area (Å²) in [6.07, 6.45) is 6.31. The molecule has 3 aliphatic rings. The smallest absolute Gasteiger partial charge is 0.274 e. The predicted molar refractivity (Wildman–Crippen MR) is 115 cm³/mol. The molecule has 2 saturated heterocycles. The molecular formula is C24H29FN4O3. The zero-order valence-corrected chi connectivity index (χ0v) is 18.2. The molecule has 0 radical (unpaired) electrons. The third kappa shape index (κ3) is 4.16. The molecule has 7 nitrogen and oxygen atoms in total. The van der Waals surface area contributed by atoms with E-state index in [1.165, 1.54) is 18.6 Å². The standard InChI is InChI=1S/C24H29FN4O3/c25-19-6-4-17(5-7-19)21-14-29-16-26-22(20(29)15-32-21)24(31)28-12-8-18(9-13-28)23(30)27-10-2-1-3-11-27/h4-7,16,18,21H,1-3,8-15H2/t21-/m0/s1. The van der Waals surface area contributed by atoms with E-state index in [2.05, 4.69) is 4.98 Å². The average Bonchev–Trinajstić information content (AvgIpc) is 3.27. The molecule has 0 unspecified atom stereocenters.